The summed E-state index contributed by atoms with van der Waals surface area (Å²) in [5.41, 5.74) is -0.338. The molecular formula is C25H35N3O5. The van der Waals surface area contributed by atoms with E-state index in [2.05, 4.69) is 22.2 Å². The van der Waals surface area contributed by atoms with Gasteiger partial charge in [0, 0.05) is 13.1 Å². The lowest BCUT2D eigenvalue weighted by Gasteiger charge is -2.45. The Hall–Kier alpha value is -2.77. The van der Waals surface area contributed by atoms with Crippen LogP contribution < -0.4 is 0 Å². The zero-order chi connectivity index (χ0) is 23.7. The smallest absolute Gasteiger partial charge is 0.410 e. The fourth-order valence-corrected chi connectivity index (χ4v) is 4.86. The first-order valence-electron chi connectivity index (χ1n) is 11.8. The van der Waals surface area contributed by atoms with Gasteiger partial charge in [-0.05, 0) is 52.5 Å². The van der Waals surface area contributed by atoms with Crippen molar-refractivity contribution in [3.05, 3.63) is 35.9 Å². The first-order chi connectivity index (χ1) is 15.6. The third-order valence-electron chi connectivity index (χ3n) is 6.61. The fourth-order valence-electron chi connectivity index (χ4n) is 4.86. The number of piperidine rings is 1. The van der Waals surface area contributed by atoms with E-state index in [1.165, 1.54) is 0 Å². The predicted molar refractivity (Wildman–Crippen MR) is 124 cm³/mol. The third-order valence-corrected chi connectivity index (χ3v) is 6.61. The number of carbonyl (C=O) groups is 2. The first kappa shape index (κ1) is 23.4. The van der Waals surface area contributed by atoms with E-state index in [0.717, 1.165) is 24.5 Å². The Bertz CT molecular complexity index is 894. The van der Waals surface area contributed by atoms with Crippen LogP contribution in [0.25, 0.3) is 0 Å². The minimum absolute atomic E-state index is 0.110. The van der Waals surface area contributed by atoms with Gasteiger partial charge in [-0.3, -0.25) is 9.69 Å². The summed E-state index contributed by atoms with van der Waals surface area (Å²) in [5, 5.41) is 4.36. The number of esters is 1. The number of amides is 1. The van der Waals surface area contributed by atoms with E-state index < -0.39 is 16.6 Å². The number of nitrogens with zero attached hydrogens (tertiary/aromatic N) is 3. The maximum atomic E-state index is 13.0. The van der Waals surface area contributed by atoms with Crippen molar-refractivity contribution < 1.29 is 23.9 Å². The number of rotatable bonds is 4. The second-order valence-corrected chi connectivity index (χ2v) is 10.4. The van der Waals surface area contributed by atoms with Gasteiger partial charge in [0.05, 0.1) is 31.5 Å². The van der Waals surface area contributed by atoms with Crippen molar-refractivity contribution in [1.29, 1.82) is 0 Å². The summed E-state index contributed by atoms with van der Waals surface area (Å²) in [5.74, 6) is 0.789. The molecule has 3 aliphatic heterocycles. The van der Waals surface area contributed by atoms with Gasteiger partial charge in [0.25, 0.3) is 0 Å². The Balaban J connectivity index is 1.34. The first-order valence-corrected chi connectivity index (χ1v) is 11.8. The summed E-state index contributed by atoms with van der Waals surface area (Å²) in [7, 11) is 0. The molecule has 1 spiro atoms. The average Bonchev–Trinajstić information content (AvgIpc) is 3.19. The molecule has 0 unspecified atom stereocenters. The fraction of sp³-hybridized carbons (Fsp3) is 0.640. The lowest BCUT2D eigenvalue weighted by atomic mass is 9.73. The maximum Gasteiger partial charge on any atom is 0.410 e. The van der Waals surface area contributed by atoms with Crippen LogP contribution in [0.15, 0.2) is 35.5 Å². The molecule has 1 amide bonds. The Morgan fingerprint density at radius 3 is 2.39 bits per heavy atom. The van der Waals surface area contributed by atoms with E-state index >= 15 is 0 Å². The topological polar surface area (TPSA) is 80.7 Å². The van der Waals surface area contributed by atoms with Crippen LogP contribution in [-0.2, 0) is 25.5 Å². The quantitative estimate of drug-likeness (QED) is 0.643. The Kier molecular flexibility index (Phi) is 6.29. The number of hydrogen-bond donors (Lipinski definition) is 0. The average molecular weight is 458 g/mol. The van der Waals surface area contributed by atoms with Crippen LogP contribution in [-0.4, -0.2) is 71.7 Å². The minimum atomic E-state index is -0.518. The Labute approximate surface area is 195 Å². The van der Waals surface area contributed by atoms with Gasteiger partial charge < -0.3 is 19.2 Å². The van der Waals surface area contributed by atoms with Crippen LogP contribution in [0.1, 0.15) is 52.5 Å². The standard InChI is InChI=1S/C25H35N3O5/c1-5-31-21(29)24(15-19-9-7-6-8-10-19)11-13-27(14-12-24)20-16-25(33-26-20)17-28(18-25)22(30)32-23(2,3)4/h6-10H,5,11-18H2,1-4H3. The summed E-state index contributed by atoms with van der Waals surface area (Å²) in [6, 6.07) is 10.1. The number of likely N-dealkylation sites (tertiary alicyclic amines) is 2. The van der Waals surface area contributed by atoms with Crippen molar-refractivity contribution in [2.45, 2.75) is 64.6 Å². The number of carbonyl (C=O) groups excluding carboxylic acids is 2. The summed E-state index contributed by atoms with van der Waals surface area (Å²) in [6.45, 7) is 10.2. The van der Waals surface area contributed by atoms with Crippen LogP contribution in [0.2, 0.25) is 0 Å². The lowest BCUT2D eigenvalue weighted by Crippen LogP contribution is -2.64. The molecule has 3 heterocycles. The van der Waals surface area contributed by atoms with Crippen molar-refractivity contribution in [3.63, 3.8) is 0 Å². The molecule has 0 radical (unpaired) electrons. The van der Waals surface area contributed by atoms with E-state index in [-0.39, 0.29) is 12.1 Å². The predicted octanol–water partition coefficient (Wildman–Crippen LogP) is 3.60. The number of oxime groups is 1. The molecule has 8 nitrogen and oxygen atoms in total. The van der Waals surface area contributed by atoms with Crippen LogP contribution >= 0.6 is 0 Å². The van der Waals surface area contributed by atoms with Gasteiger partial charge in [0.2, 0.25) is 0 Å². The molecule has 4 rings (SSSR count). The molecular weight excluding hydrogens is 422 g/mol. The van der Waals surface area contributed by atoms with Crippen molar-refractivity contribution in [2.75, 3.05) is 32.8 Å². The van der Waals surface area contributed by atoms with Crippen LogP contribution in [0.3, 0.4) is 0 Å². The van der Waals surface area contributed by atoms with Crippen molar-refractivity contribution in [1.82, 2.24) is 9.80 Å². The number of amidine groups is 1. The molecule has 180 valence electrons. The molecule has 0 saturated carbocycles. The van der Waals surface area contributed by atoms with E-state index in [9.17, 15) is 9.59 Å². The Morgan fingerprint density at radius 1 is 1.12 bits per heavy atom. The minimum Gasteiger partial charge on any atom is -0.466 e. The maximum absolute atomic E-state index is 13.0. The number of hydrogen-bond acceptors (Lipinski definition) is 7. The summed E-state index contributed by atoms with van der Waals surface area (Å²) < 4.78 is 10.9. The molecule has 1 aromatic rings. The van der Waals surface area contributed by atoms with Crippen LogP contribution in [0.5, 0.6) is 0 Å². The molecule has 0 N–H and O–H groups in total. The molecule has 33 heavy (non-hydrogen) atoms. The molecule has 0 bridgehead atoms. The third kappa shape index (κ3) is 5.09. The van der Waals surface area contributed by atoms with Crippen LogP contribution in [0, 0.1) is 5.41 Å². The van der Waals surface area contributed by atoms with Gasteiger partial charge in [-0.1, -0.05) is 35.5 Å². The zero-order valence-electron chi connectivity index (χ0n) is 20.1. The monoisotopic (exact) mass is 457 g/mol. The van der Waals surface area contributed by atoms with Gasteiger partial charge in [-0.15, -0.1) is 0 Å². The van der Waals surface area contributed by atoms with Gasteiger partial charge in [0.1, 0.15) is 11.4 Å². The van der Waals surface area contributed by atoms with Gasteiger partial charge in [-0.2, -0.15) is 0 Å². The number of ether oxygens (including phenoxy) is 2. The summed E-state index contributed by atoms with van der Waals surface area (Å²) >= 11 is 0. The second-order valence-electron chi connectivity index (χ2n) is 10.4. The molecule has 8 heteroatoms. The van der Waals surface area contributed by atoms with Crippen molar-refractivity contribution >= 4 is 17.9 Å². The van der Waals surface area contributed by atoms with E-state index in [0.29, 0.717) is 45.4 Å². The highest BCUT2D eigenvalue weighted by molar-refractivity contribution is 5.85. The van der Waals surface area contributed by atoms with Gasteiger partial charge in [-0.25, -0.2) is 4.79 Å². The molecule has 3 aliphatic rings. The SMILES string of the molecule is CCOC(=O)C1(Cc2ccccc2)CCN(C2=NOC3(C2)CN(C(=O)OC(C)(C)C)C3)CC1. The second kappa shape index (κ2) is 8.88. The number of benzene rings is 1. The van der Waals surface area contributed by atoms with Gasteiger partial charge in [0.15, 0.2) is 5.60 Å². The van der Waals surface area contributed by atoms with Crippen LogP contribution in [0.4, 0.5) is 4.79 Å². The van der Waals surface area contributed by atoms with Crippen molar-refractivity contribution in [2.24, 2.45) is 10.6 Å². The summed E-state index contributed by atoms with van der Waals surface area (Å²) in [6.07, 6.45) is 2.44. The highest BCUT2D eigenvalue weighted by Gasteiger charge is 2.54. The largest absolute Gasteiger partial charge is 0.466 e. The molecule has 0 aliphatic carbocycles. The van der Waals surface area contributed by atoms with E-state index in [1.54, 1.807) is 4.90 Å². The highest BCUT2D eigenvalue weighted by atomic mass is 16.7. The Morgan fingerprint density at radius 2 is 1.79 bits per heavy atom. The summed E-state index contributed by atoms with van der Waals surface area (Å²) in [4.78, 5) is 34.9. The molecule has 1 aromatic carbocycles. The molecule has 2 saturated heterocycles. The zero-order valence-corrected chi connectivity index (χ0v) is 20.1. The van der Waals surface area contributed by atoms with E-state index in [1.807, 2.05) is 45.9 Å². The van der Waals surface area contributed by atoms with Gasteiger partial charge >= 0.3 is 12.1 Å². The molecule has 0 aromatic heterocycles. The van der Waals surface area contributed by atoms with Crippen molar-refractivity contribution in [3.8, 4) is 0 Å². The normalized spacial score (nSPS) is 21.2. The van der Waals surface area contributed by atoms with E-state index in [4.69, 9.17) is 14.3 Å². The molecule has 0 atom stereocenters. The highest BCUT2D eigenvalue weighted by Crippen LogP contribution is 2.40. The molecule has 2 fully saturated rings. The lowest BCUT2D eigenvalue weighted by molar-refractivity contribution is -0.158.